The molecule has 0 aliphatic heterocycles. The Labute approximate surface area is 177 Å². The molecule has 3 aromatic heterocycles. The number of nitrogens with zero attached hydrogens (tertiary/aromatic N) is 3. The van der Waals surface area contributed by atoms with E-state index in [1.54, 1.807) is 19.4 Å². The number of nitrogens with one attached hydrogen (secondary N) is 3. The second kappa shape index (κ2) is 7.56. The maximum atomic E-state index is 12.7. The summed E-state index contributed by atoms with van der Waals surface area (Å²) in [7, 11) is 1.58. The molecule has 0 spiro atoms. The third kappa shape index (κ3) is 3.48. The van der Waals surface area contributed by atoms with Crippen LogP contribution in [0.4, 0.5) is 0 Å². The van der Waals surface area contributed by atoms with Gasteiger partial charge in [0, 0.05) is 23.2 Å². The number of methoxy groups -OCH3 is 1. The minimum absolute atomic E-state index is 0.130. The molecule has 0 saturated heterocycles. The number of rotatable bonds is 5. The lowest BCUT2D eigenvalue weighted by Crippen LogP contribution is -2.27. The van der Waals surface area contributed by atoms with Gasteiger partial charge in [-0.15, -0.1) is 0 Å². The lowest BCUT2D eigenvalue weighted by molar-refractivity contribution is 0.0930. The molecule has 0 saturated carbocycles. The van der Waals surface area contributed by atoms with E-state index in [-0.39, 0.29) is 17.8 Å². The van der Waals surface area contributed by atoms with Crippen LogP contribution in [0, 0.1) is 0 Å². The zero-order valence-corrected chi connectivity index (χ0v) is 17.0. The van der Waals surface area contributed by atoms with Crippen LogP contribution in [0.15, 0.2) is 60.8 Å². The monoisotopic (exact) mass is 412 g/mol. The van der Waals surface area contributed by atoms with E-state index >= 15 is 0 Å². The van der Waals surface area contributed by atoms with Gasteiger partial charge in [-0.3, -0.25) is 9.89 Å². The van der Waals surface area contributed by atoms with Crippen molar-refractivity contribution >= 4 is 27.8 Å². The normalized spacial score (nSPS) is 12.2. The average molecular weight is 412 g/mol. The molecule has 1 atom stereocenters. The zero-order chi connectivity index (χ0) is 21.4. The van der Waals surface area contributed by atoms with Gasteiger partial charge in [-0.2, -0.15) is 5.10 Å². The van der Waals surface area contributed by atoms with Gasteiger partial charge >= 0.3 is 0 Å². The van der Waals surface area contributed by atoms with E-state index in [0.29, 0.717) is 11.4 Å². The highest BCUT2D eigenvalue weighted by Crippen LogP contribution is 2.29. The Bertz CT molecular complexity index is 1370. The van der Waals surface area contributed by atoms with E-state index in [2.05, 4.69) is 30.5 Å². The maximum Gasteiger partial charge on any atom is 0.287 e. The van der Waals surface area contributed by atoms with Crippen LogP contribution < -0.4 is 10.1 Å². The van der Waals surface area contributed by atoms with Crippen molar-refractivity contribution in [3.05, 3.63) is 72.2 Å². The van der Waals surface area contributed by atoms with E-state index in [4.69, 9.17) is 4.74 Å². The molecule has 1 unspecified atom stereocenters. The predicted molar refractivity (Wildman–Crippen MR) is 118 cm³/mol. The summed E-state index contributed by atoms with van der Waals surface area (Å²) in [6.45, 7) is 1.94. The summed E-state index contributed by atoms with van der Waals surface area (Å²) in [4.78, 5) is 24.6. The summed E-state index contributed by atoms with van der Waals surface area (Å²) in [6.07, 6.45) is 1.72. The summed E-state index contributed by atoms with van der Waals surface area (Å²) < 4.78 is 5.12. The van der Waals surface area contributed by atoms with Crippen LogP contribution in [0.25, 0.3) is 33.2 Å². The van der Waals surface area contributed by atoms with E-state index < -0.39 is 0 Å². The standard InChI is InChI=1S/C23H20N6O2/c1-13(14-6-4-3-5-7-14)25-23(30)22-26-18-10-16-17(11-19(18)27-22)28-29-21(16)15-8-9-20(31-2)24-12-15/h3-13H,1-2H3,(H,25,30)(H,26,27)(H,28,29). The number of benzene rings is 2. The predicted octanol–water partition coefficient (Wildman–Crippen LogP) is 4.00. The van der Waals surface area contributed by atoms with Crippen molar-refractivity contribution in [3.63, 3.8) is 0 Å². The molecule has 8 heteroatoms. The number of hydrogen-bond acceptors (Lipinski definition) is 5. The molecular formula is C23H20N6O2. The second-order valence-electron chi connectivity index (χ2n) is 7.27. The van der Waals surface area contributed by atoms with Crippen LogP contribution in [0.1, 0.15) is 29.1 Å². The molecule has 0 bridgehead atoms. The van der Waals surface area contributed by atoms with Gasteiger partial charge in [0.25, 0.3) is 5.91 Å². The van der Waals surface area contributed by atoms with Gasteiger partial charge in [-0.1, -0.05) is 30.3 Å². The van der Waals surface area contributed by atoms with Crippen molar-refractivity contribution in [2.75, 3.05) is 7.11 Å². The minimum atomic E-state index is -0.256. The summed E-state index contributed by atoms with van der Waals surface area (Å²) >= 11 is 0. The van der Waals surface area contributed by atoms with Gasteiger partial charge in [0.05, 0.1) is 29.7 Å². The number of carbonyl (C=O) groups excluding carboxylic acids is 1. The number of hydrogen-bond donors (Lipinski definition) is 3. The number of pyridine rings is 1. The van der Waals surface area contributed by atoms with Crippen molar-refractivity contribution in [1.82, 2.24) is 30.5 Å². The quantitative estimate of drug-likeness (QED) is 0.404. The molecule has 8 nitrogen and oxygen atoms in total. The number of aromatic amines is 2. The number of amides is 1. The Kier molecular flexibility index (Phi) is 4.59. The number of carbonyl (C=O) groups is 1. The highest BCUT2D eigenvalue weighted by Gasteiger charge is 2.17. The average Bonchev–Trinajstić information content (AvgIpc) is 3.41. The fourth-order valence-corrected chi connectivity index (χ4v) is 3.58. The van der Waals surface area contributed by atoms with E-state index in [1.807, 2.05) is 55.5 Å². The Hall–Kier alpha value is -4.20. The third-order valence-corrected chi connectivity index (χ3v) is 5.25. The second-order valence-corrected chi connectivity index (χ2v) is 7.27. The number of aromatic nitrogens is 5. The van der Waals surface area contributed by atoms with Crippen molar-refractivity contribution in [1.29, 1.82) is 0 Å². The molecule has 0 radical (unpaired) electrons. The molecule has 3 N–H and O–H groups in total. The highest BCUT2D eigenvalue weighted by atomic mass is 16.5. The molecule has 0 fully saturated rings. The smallest absolute Gasteiger partial charge is 0.287 e. The topological polar surface area (TPSA) is 109 Å². The summed E-state index contributed by atoms with van der Waals surface area (Å²) in [5.74, 6) is 0.554. The first-order chi connectivity index (χ1) is 15.1. The molecule has 154 valence electrons. The first-order valence-corrected chi connectivity index (χ1v) is 9.86. The van der Waals surface area contributed by atoms with Gasteiger partial charge in [-0.05, 0) is 30.7 Å². The maximum absolute atomic E-state index is 12.7. The Morgan fingerprint density at radius 1 is 1.10 bits per heavy atom. The zero-order valence-electron chi connectivity index (χ0n) is 17.0. The SMILES string of the molecule is COc1ccc(-c2n[nH]c3cc4[nH]c(C(=O)NC(C)c5ccccc5)nc4cc23)cn1. The van der Waals surface area contributed by atoms with Gasteiger partial charge < -0.3 is 15.0 Å². The molecule has 0 aliphatic rings. The van der Waals surface area contributed by atoms with Gasteiger partial charge in [0.1, 0.15) is 5.69 Å². The lowest BCUT2D eigenvalue weighted by Gasteiger charge is -2.12. The molecule has 2 aromatic carbocycles. The fourth-order valence-electron chi connectivity index (χ4n) is 3.58. The van der Waals surface area contributed by atoms with Crippen LogP contribution in [0.5, 0.6) is 5.88 Å². The van der Waals surface area contributed by atoms with Gasteiger partial charge in [0.15, 0.2) is 5.82 Å². The van der Waals surface area contributed by atoms with E-state index in [1.165, 1.54) is 0 Å². The lowest BCUT2D eigenvalue weighted by atomic mass is 10.1. The molecule has 5 rings (SSSR count). The van der Waals surface area contributed by atoms with Crippen LogP contribution in [-0.4, -0.2) is 38.2 Å². The molecule has 0 aliphatic carbocycles. The largest absolute Gasteiger partial charge is 0.481 e. The van der Waals surface area contributed by atoms with Crippen molar-refractivity contribution in [3.8, 4) is 17.1 Å². The summed E-state index contributed by atoms with van der Waals surface area (Å²) in [5, 5.41) is 11.4. The molecule has 3 heterocycles. The molecular weight excluding hydrogens is 392 g/mol. The number of ether oxygens (including phenoxy) is 1. The summed E-state index contributed by atoms with van der Waals surface area (Å²) in [6, 6.07) is 17.2. The van der Waals surface area contributed by atoms with Crippen molar-refractivity contribution < 1.29 is 9.53 Å². The summed E-state index contributed by atoms with van der Waals surface area (Å²) in [5.41, 5.74) is 4.94. The molecule has 31 heavy (non-hydrogen) atoms. The van der Waals surface area contributed by atoms with Gasteiger partial charge in [0.2, 0.25) is 5.88 Å². The number of imidazole rings is 1. The fraction of sp³-hybridized carbons (Fsp3) is 0.130. The van der Waals surface area contributed by atoms with E-state index in [0.717, 1.165) is 33.2 Å². The highest BCUT2D eigenvalue weighted by molar-refractivity contribution is 6.02. The first-order valence-electron chi connectivity index (χ1n) is 9.86. The number of H-pyrrole nitrogens is 2. The third-order valence-electron chi connectivity index (χ3n) is 5.25. The Morgan fingerprint density at radius 2 is 1.94 bits per heavy atom. The van der Waals surface area contributed by atoms with Crippen LogP contribution in [0.2, 0.25) is 0 Å². The van der Waals surface area contributed by atoms with Crippen LogP contribution in [-0.2, 0) is 0 Å². The van der Waals surface area contributed by atoms with Crippen LogP contribution >= 0.6 is 0 Å². The Morgan fingerprint density at radius 3 is 2.68 bits per heavy atom. The Balaban J connectivity index is 1.46. The minimum Gasteiger partial charge on any atom is -0.481 e. The molecule has 5 aromatic rings. The van der Waals surface area contributed by atoms with Crippen LogP contribution in [0.3, 0.4) is 0 Å². The molecule has 1 amide bonds. The first kappa shape index (κ1) is 18.8. The van der Waals surface area contributed by atoms with Crippen molar-refractivity contribution in [2.24, 2.45) is 0 Å². The number of fused-ring (bicyclic) bond motifs is 2. The van der Waals surface area contributed by atoms with E-state index in [9.17, 15) is 4.79 Å². The van der Waals surface area contributed by atoms with Crippen molar-refractivity contribution in [2.45, 2.75) is 13.0 Å². The van der Waals surface area contributed by atoms with Gasteiger partial charge in [-0.25, -0.2) is 9.97 Å².